The Morgan fingerprint density at radius 2 is 1.91 bits per heavy atom. The van der Waals surface area contributed by atoms with Gasteiger partial charge in [-0.05, 0) is 69.9 Å². The number of amides is 1. The van der Waals surface area contributed by atoms with Crippen molar-refractivity contribution in [2.75, 3.05) is 26.2 Å². The fourth-order valence-electron chi connectivity index (χ4n) is 5.04. The molecule has 7 nitrogen and oxygen atoms in total. The number of fused-ring (bicyclic) bond motifs is 3. The molecule has 3 aromatic rings. The van der Waals surface area contributed by atoms with Gasteiger partial charge in [-0.1, -0.05) is 11.6 Å². The molecule has 4 rings (SSSR count). The second-order valence-electron chi connectivity index (χ2n) is 8.98. The van der Waals surface area contributed by atoms with Gasteiger partial charge in [-0.25, -0.2) is 0 Å². The van der Waals surface area contributed by atoms with E-state index in [-0.39, 0.29) is 17.6 Å². The van der Waals surface area contributed by atoms with Crippen molar-refractivity contribution in [1.29, 1.82) is 0 Å². The van der Waals surface area contributed by atoms with Crippen LogP contribution in [-0.2, 0) is 6.42 Å². The van der Waals surface area contributed by atoms with E-state index >= 15 is 0 Å². The van der Waals surface area contributed by atoms with Gasteiger partial charge in [-0.2, -0.15) is 0 Å². The smallest absolute Gasteiger partial charge is 0.269 e. The molecule has 0 unspecified atom stereocenters. The number of carbonyl (C=O) groups is 1. The highest BCUT2D eigenvalue weighted by atomic mass is 16.6. The molecule has 1 atom stereocenters. The van der Waals surface area contributed by atoms with E-state index in [2.05, 4.69) is 44.0 Å². The summed E-state index contributed by atoms with van der Waals surface area (Å²) in [4.78, 5) is 31.4. The second-order valence-corrected chi connectivity index (χ2v) is 8.98. The molecule has 2 aromatic carbocycles. The van der Waals surface area contributed by atoms with Gasteiger partial charge in [0.15, 0.2) is 0 Å². The molecular weight excluding hydrogens is 416 g/mol. The molecule has 0 bridgehead atoms. The van der Waals surface area contributed by atoms with E-state index in [0.29, 0.717) is 12.1 Å². The first-order valence-electron chi connectivity index (χ1n) is 11.9. The lowest BCUT2D eigenvalue weighted by Crippen LogP contribution is -3.12. The van der Waals surface area contributed by atoms with E-state index in [9.17, 15) is 14.9 Å². The number of hydrogen-bond acceptors (Lipinski definition) is 3. The monoisotopic (exact) mass is 449 g/mol. The highest BCUT2D eigenvalue weighted by Gasteiger charge is 2.33. The van der Waals surface area contributed by atoms with Crippen LogP contribution in [0.1, 0.15) is 59.9 Å². The Morgan fingerprint density at radius 3 is 2.58 bits per heavy atom. The average Bonchev–Trinajstić information content (AvgIpc) is 3.20. The van der Waals surface area contributed by atoms with Gasteiger partial charge in [0.05, 0.1) is 37.1 Å². The molecule has 0 saturated carbocycles. The molecule has 0 fully saturated rings. The molecule has 1 amide bonds. The van der Waals surface area contributed by atoms with E-state index in [4.69, 9.17) is 0 Å². The molecule has 0 saturated heterocycles. The van der Waals surface area contributed by atoms with Crippen LogP contribution >= 0.6 is 0 Å². The van der Waals surface area contributed by atoms with Crippen molar-refractivity contribution in [2.24, 2.45) is 0 Å². The third-order valence-electron chi connectivity index (χ3n) is 7.00. The van der Waals surface area contributed by atoms with Gasteiger partial charge in [0, 0.05) is 34.3 Å². The van der Waals surface area contributed by atoms with E-state index in [1.165, 1.54) is 33.5 Å². The summed E-state index contributed by atoms with van der Waals surface area (Å²) < 4.78 is 0. The van der Waals surface area contributed by atoms with E-state index in [0.717, 1.165) is 50.1 Å². The zero-order chi connectivity index (χ0) is 23.5. The van der Waals surface area contributed by atoms with Crippen molar-refractivity contribution in [3.63, 3.8) is 0 Å². The molecule has 33 heavy (non-hydrogen) atoms. The maximum absolute atomic E-state index is 13.7. The topological polar surface area (TPSA) is 83.7 Å². The third-order valence-corrected chi connectivity index (χ3v) is 7.00. The Labute approximate surface area is 194 Å². The molecule has 1 aliphatic carbocycles. The number of nitrogens with zero attached hydrogens (tertiary/aromatic N) is 2. The van der Waals surface area contributed by atoms with Crippen molar-refractivity contribution < 1.29 is 14.6 Å². The van der Waals surface area contributed by atoms with Gasteiger partial charge in [0.2, 0.25) is 0 Å². The quantitative estimate of drug-likeness (QED) is 0.405. The highest BCUT2D eigenvalue weighted by Crippen LogP contribution is 2.38. The minimum Gasteiger partial charge on any atom is -0.356 e. The third kappa shape index (κ3) is 4.64. The van der Waals surface area contributed by atoms with Crippen LogP contribution < -0.4 is 4.90 Å². The number of benzene rings is 2. The van der Waals surface area contributed by atoms with E-state index in [1.807, 2.05) is 4.90 Å². The van der Waals surface area contributed by atoms with Crippen LogP contribution in [0.2, 0.25) is 0 Å². The Bertz CT molecular complexity index is 1150. The number of non-ortho nitro benzene ring substituents is 1. The molecule has 1 aliphatic rings. The predicted molar refractivity (Wildman–Crippen MR) is 130 cm³/mol. The molecule has 0 aliphatic heterocycles. The molecule has 2 N–H and O–H groups in total. The number of aromatic nitrogens is 1. The number of hydrogen-bond donors (Lipinski definition) is 2. The van der Waals surface area contributed by atoms with Crippen LogP contribution in [0, 0.1) is 17.0 Å². The van der Waals surface area contributed by atoms with Crippen LogP contribution in [0.4, 0.5) is 5.69 Å². The average molecular weight is 450 g/mol. The summed E-state index contributed by atoms with van der Waals surface area (Å²) >= 11 is 0. The van der Waals surface area contributed by atoms with Gasteiger partial charge in [0.1, 0.15) is 0 Å². The summed E-state index contributed by atoms with van der Waals surface area (Å²) in [5.74, 6) is -0.0656. The van der Waals surface area contributed by atoms with Crippen molar-refractivity contribution in [1.82, 2.24) is 9.88 Å². The first-order valence-corrected chi connectivity index (χ1v) is 11.9. The van der Waals surface area contributed by atoms with Gasteiger partial charge in [-0.15, -0.1) is 0 Å². The zero-order valence-electron chi connectivity index (χ0n) is 19.7. The maximum atomic E-state index is 13.7. The summed E-state index contributed by atoms with van der Waals surface area (Å²) in [7, 11) is 0. The lowest BCUT2D eigenvalue weighted by Gasteiger charge is -2.35. The summed E-state index contributed by atoms with van der Waals surface area (Å²) in [6.45, 7) is 9.98. The van der Waals surface area contributed by atoms with Gasteiger partial charge < -0.3 is 14.8 Å². The number of nitrogens with one attached hydrogen (secondary N) is 2. The lowest BCUT2D eigenvalue weighted by molar-refractivity contribution is -0.895. The molecule has 0 radical (unpaired) electrons. The SMILES string of the molecule is CC[NH+](CC)CCN(C(=O)c1ccc([N+](=O)[O-])cc1)[C@@H]1CCCc2c1[nH]c1ccc(C)cc21. The normalized spacial score (nSPS) is 15.6. The number of aryl methyl sites for hydroxylation is 2. The lowest BCUT2D eigenvalue weighted by atomic mass is 9.90. The largest absolute Gasteiger partial charge is 0.356 e. The van der Waals surface area contributed by atoms with Crippen molar-refractivity contribution >= 4 is 22.5 Å². The number of aromatic amines is 1. The fraction of sp³-hybridized carbons (Fsp3) is 0.423. The van der Waals surface area contributed by atoms with E-state index < -0.39 is 4.92 Å². The number of carbonyl (C=O) groups excluding carboxylic acids is 1. The van der Waals surface area contributed by atoms with Crippen molar-refractivity contribution in [3.05, 3.63) is 75.0 Å². The summed E-state index contributed by atoms with van der Waals surface area (Å²) in [6.07, 6.45) is 2.95. The molecule has 1 heterocycles. The zero-order valence-corrected chi connectivity index (χ0v) is 19.7. The molecule has 0 spiro atoms. The van der Waals surface area contributed by atoms with Gasteiger partial charge >= 0.3 is 0 Å². The number of H-pyrrole nitrogens is 1. The highest BCUT2D eigenvalue weighted by molar-refractivity contribution is 5.95. The molecule has 1 aromatic heterocycles. The number of likely N-dealkylation sites (N-methyl/N-ethyl adjacent to an activating group) is 1. The molecule has 7 heteroatoms. The number of quaternary nitrogens is 1. The summed E-state index contributed by atoms with van der Waals surface area (Å²) in [5, 5.41) is 12.3. The first-order chi connectivity index (χ1) is 15.9. The fourth-order valence-corrected chi connectivity index (χ4v) is 5.04. The van der Waals surface area contributed by atoms with Crippen LogP contribution in [0.25, 0.3) is 10.9 Å². The van der Waals surface area contributed by atoms with Crippen LogP contribution in [0.5, 0.6) is 0 Å². The van der Waals surface area contributed by atoms with Crippen LogP contribution in [-0.4, -0.2) is 46.9 Å². The van der Waals surface area contributed by atoms with Crippen molar-refractivity contribution in [3.8, 4) is 0 Å². The minimum absolute atomic E-state index is 0.00312. The first kappa shape index (κ1) is 23.0. The Morgan fingerprint density at radius 1 is 1.18 bits per heavy atom. The van der Waals surface area contributed by atoms with Gasteiger partial charge in [0.25, 0.3) is 11.6 Å². The summed E-state index contributed by atoms with van der Waals surface area (Å²) in [5.41, 5.74) is 5.31. The predicted octanol–water partition coefficient (Wildman–Crippen LogP) is 3.83. The van der Waals surface area contributed by atoms with Crippen LogP contribution in [0.15, 0.2) is 42.5 Å². The maximum Gasteiger partial charge on any atom is 0.269 e. The number of rotatable bonds is 8. The minimum atomic E-state index is -0.435. The van der Waals surface area contributed by atoms with Gasteiger partial charge in [-0.3, -0.25) is 14.9 Å². The van der Waals surface area contributed by atoms with E-state index in [1.54, 1.807) is 12.1 Å². The molecular formula is C26H33N4O3+. The summed E-state index contributed by atoms with van der Waals surface area (Å²) in [6, 6.07) is 12.4. The van der Waals surface area contributed by atoms with Crippen LogP contribution in [0.3, 0.4) is 0 Å². The number of nitro groups is 1. The Kier molecular flexibility index (Phi) is 6.79. The number of nitro benzene ring substituents is 1. The standard InChI is InChI=1S/C26H32N4O3/c1-4-28(5-2)15-16-29(26(31)19-10-12-20(13-11-19)30(32)33)24-8-6-7-21-22-17-18(3)9-14-23(22)27-25(21)24/h9-14,17,24,27H,4-8,15-16H2,1-3H3/p+1/t24-/m1/s1. The van der Waals surface area contributed by atoms with Crippen molar-refractivity contribution in [2.45, 2.75) is 46.1 Å². The Balaban J connectivity index is 1.71. The molecule has 174 valence electrons. The Hall–Kier alpha value is -3.19. The second kappa shape index (κ2) is 9.75.